The van der Waals surface area contributed by atoms with Gasteiger partial charge in [0.25, 0.3) is 0 Å². The summed E-state index contributed by atoms with van der Waals surface area (Å²) in [5.41, 5.74) is 1.18. The third-order valence-corrected chi connectivity index (χ3v) is 2.78. The van der Waals surface area contributed by atoms with Gasteiger partial charge in [0, 0.05) is 25.7 Å². The van der Waals surface area contributed by atoms with Gasteiger partial charge in [-0.05, 0) is 25.5 Å². The van der Waals surface area contributed by atoms with Gasteiger partial charge in [-0.3, -0.25) is 0 Å². The van der Waals surface area contributed by atoms with E-state index in [0.717, 1.165) is 19.5 Å². The molecule has 0 saturated heterocycles. The van der Waals surface area contributed by atoms with Crippen LogP contribution in [-0.2, 0) is 13.0 Å². The van der Waals surface area contributed by atoms with Crippen LogP contribution >= 0.6 is 11.8 Å². The van der Waals surface area contributed by atoms with Crippen molar-refractivity contribution in [3.63, 3.8) is 0 Å². The lowest BCUT2D eigenvalue weighted by Gasteiger charge is -1.99. The van der Waals surface area contributed by atoms with Gasteiger partial charge in [-0.2, -0.15) is 11.8 Å². The van der Waals surface area contributed by atoms with E-state index >= 15 is 0 Å². The van der Waals surface area contributed by atoms with Crippen LogP contribution in [0.5, 0.6) is 0 Å². The van der Waals surface area contributed by atoms with Gasteiger partial charge in [0.15, 0.2) is 0 Å². The molecule has 1 rings (SSSR count). The zero-order valence-electron chi connectivity index (χ0n) is 8.99. The van der Waals surface area contributed by atoms with Crippen LogP contribution in [0.4, 0.5) is 0 Å². The zero-order chi connectivity index (χ0) is 10.2. The summed E-state index contributed by atoms with van der Waals surface area (Å²) in [5.74, 6) is 1.23. The first-order chi connectivity index (χ1) is 6.86. The summed E-state index contributed by atoms with van der Waals surface area (Å²) in [6.07, 6.45) is 8.48. The molecular weight excluding hydrogens is 194 g/mol. The second-order valence-corrected chi connectivity index (χ2v) is 4.29. The van der Waals surface area contributed by atoms with Crippen molar-refractivity contribution in [2.45, 2.75) is 19.4 Å². The Hall–Kier alpha value is -0.480. The van der Waals surface area contributed by atoms with E-state index in [4.69, 9.17) is 0 Å². The molecule has 0 fully saturated rings. The third kappa shape index (κ3) is 4.15. The van der Waals surface area contributed by atoms with Crippen molar-refractivity contribution in [3.8, 4) is 0 Å². The van der Waals surface area contributed by atoms with Crippen LogP contribution < -0.4 is 5.32 Å². The summed E-state index contributed by atoms with van der Waals surface area (Å²) in [7, 11) is 1.97. The smallest absolute Gasteiger partial charge is 0.0949 e. The number of aromatic nitrogens is 2. The molecule has 14 heavy (non-hydrogen) atoms. The van der Waals surface area contributed by atoms with E-state index in [1.54, 1.807) is 0 Å². The zero-order valence-corrected chi connectivity index (χ0v) is 9.81. The van der Waals surface area contributed by atoms with Gasteiger partial charge in [-0.25, -0.2) is 4.98 Å². The van der Waals surface area contributed by atoms with Crippen LogP contribution in [0.25, 0.3) is 0 Å². The monoisotopic (exact) mass is 213 g/mol. The van der Waals surface area contributed by atoms with Crippen LogP contribution in [0, 0.1) is 0 Å². The number of aryl methyl sites for hydroxylation is 1. The average Bonchev–Trinajstić information content (AvgIpc) is 2.63. The van der Waals surface area contributed by atoms with E-state index in [1.165, 1.54) is 17.9 Å². The number of nitrogens with zero attached hydrogens (tertiary/aromatic N) is 2. The number of thioether (sulfide) groups is 1. The van der Waals surface area contributed by atoms with E-state index in [2.05, 4.69) is 27.3 Å². The molecule has 1 aromatic heterocycles. The Balaban J connectivity index is 2.27. The van der Waals surface area contributed by atoms with Gasteiger partial charge in [0.2, 0.25) is 0 Å². The van der Waals surface area contributed by atoms with E-state index in [1.807, 2.05) is 25.1 Å². The third-order valence-electron chi connectivity index (χ3n) is 2.08. The molecule has 1 heterocycles. The Kier molecular flexibility index (Phi) is 5.71. The average molecular weight is 213 g/mol. The lowest BCUT2D eigenvalue weighted by atomic mass is 10.3. The molecular formula is C10H19N3S. The van der Waals surface area contributed by atoms with Crippen molar-refractivity contribution in [1.82, 2.24) is 14.9 Å². The van der Waals surface area contributed by atoms with Crippen molar-refractivity contribution in [1.29, 1.82) is 0 Å². The molecule has 0 aliphatic carbocycles. The van der Waals surface area contributed by atoms with Crippen molar-refractivity contribution < 1.29 is 0 Å². The Bertz CT molecular complexity index is 247. The molecule has 1 N–H and O–H groups in total. The highest BCUT2D eigenvalue weighted by Crippen LogP contribution is 2.01. The quantitative estimate of drug-likeness (QED) is 0.694. The fourth-order valence-electron chi connectivity index (χ4n) is 1.30. The van der Waals surface area contributed by atoms with Crippen molar-refractivity contribution in [2.75, 3.05) is 25.6 Å². The topological polar surface area (TPSA) is 29.9 Å². The minimum absolute atomic E-state index is 1.00. The van der Waals surface area contributed by atoms with E-state index < -0.39 is 0 Å². The van der Waals surface area contributed by atoms with Crippen LogP contribution in [0.2, 0.25) is 0 Å². The molecule has 4 heteroatoms. The summed E-state index contributed by atoms with van der Waals surface area (Å²) in [5, 5.41) is 3.13. The van der Waals surface area contributed by atoms with Crippen LogP contribution in [0.1, 0.15) is 12.1 Å². The molecule has 3 nitrogen and oxygen atoms in total. The van der Waals surface area contributed by atoms with Crippen LogP contribution in [-0.4, -0.2) is 35.2 Å². The second kappa shape index (κ2) is 6.90. The van der Waals surface area contributed by atoms with E-state index in [-0.39, 0.29) is 0 Å². The maximum Gasteiger partial charge on any atom is 0.0949 e. The van der Waals surface area contributed by atoms with Crippen LogP contribution in [0.15, 0.2) is 12.5 Å². The molecule has 0 bridgehead atoms. The lowest BCUT2D eigenvalue weighted by molar-refractivity contribution is 0.682. The van der Waals surface area contributed by atoms with Gasteiger partial charge in [-0.1, -0.05) is 0 Å². The summed E-state index contributed by atoms with van der Waals surface area (Å²) in [6.45, 7) is 2.09. The predicted molar refractivity (Wildman–Crippen MR) is 62.9 cm³/mol. The Morgan fingerprint density at radius 1 is 1.57 bits per heavy atom. The van der Waals surface area contributed by atoms with E-state index in [9.17, 15) is 0 Å². The molecule has 1 aromatic rings. The van der Waals surface area contributed by atoms with Gasteiger partial charge in [0.05, 0.1) is 12.0 Å². The molecule has 0 aliphatic heterocycles. The van der Waals surface area contributed by atoms with Crippen LogP contribution in [0.3, 0.4) is 0 Å². The van der Waals surface area contributed by atoms with Crippen molar-refractivity contribution in [3.05, 3.63) is 18.2 Å². The molecule has 0 saturated carbocycles. The highest BCUT2D eigenvalue weighted by Gasteiger charge is 1.97. The lowest BCUT2D eigenvalue weighted by Crippen LogP contribution is -2.10. The maximum absolute atomic E-state index is 4.35. The first-order valence-electron chi connectivity index (χ1n) is 5.01. The molecule has 0 atom stereocenters. The number of rotatable bonds is 7. The Morgan fingerprint density at radius 2 is 2.43 bits per heavy atom. The summed E-state index contributed by atoms with van der Waals surface area (Å²) in [4.78, 5) is 4.35. The minimum Gasteiger partial charge on any atom is -0.337 e. The fourth-order valence-corrected chi connectivity index (χ4v) is 1.72. The largest absolute Gasteiger partial charge is 0.337 e. The van der Waals surface area contributed by atoms with Gasteiger partial charge in [0.1, 0.15) is 0 Å². The first-order valence-corrected chi connectivity index (χ1v) is 6.40. The van der Waals surface area contributed by atoms with Crippen molar-refractivity contribution in [2.24, 2.45) is 0 Å². The standard InChI is InChI=1S/C10H19N3S/c1-11-5-4-10-8-13(9-12-10)6-3-7-14-2/h8-9,11H,3-7H2,1-2H3. The normalized spacial score (nSPS) is 10.7. The Morgan fingerprint density at radius 3 is 3.14 bits per heavy atom. The maximum atomic E-state index is 4.35. The molecule has 0 amide bonds. The molecule has 0 spiro atoms. The first kappa shape index (κ1) is 11.6. The highest BCUT2D eigenvalue weighted by atomic mass is 32.2. The van der Waals surface area contributed by atoms with E-state index in [0.29, 0.717) is 0 Å². The summed E-state index contributed by atoms with van der Waals surface area (Å²) >= 11 is 1.90. The number of likely N-dealkylation sites (N-methyl/N-ethyl adjacent to an activating group) is 1. The van der Waals surface area contributed by atoms with Gasteiger partial charge < -0.3 is 9.88 Å². The summed E-state index contributed by atoms with van der Waals surface area (Å²) < 4.78 is 2.18. The fraction of sp³-hybridized carbons (Fsp3) is 0.700. The molecule has 0 unspecified atom stereocenters. The van der Waals surface area contributed by atoms with Gasteiger partial charge >= 0.3 is 0 Å². The van der Waals surface area contributed by atoms with Crippen molar-refractivity contribution >= 4 is 11.8 Å². The number of imidazole rings is 1. The predicted octanol–water partition coefficient (Wildman–Crippen LogP) is 1.40. The second-order valence-electron chi connectivity index (χ2n) is 3.30. The number of hydrogen-bond donors (Lipinski definition) is 1. The molecule has 0 aliphatic rings. The van der Waals surface area contributed by atoms with Gasteiger partial charge in [-0.15, -0.1) is 0 Å². The highest BCUT2D eigenvalue weighted by molar-refractivity contribution is 7.98. The minimum atomic E-state index is 1.00. The molecule has 0 aromatic carbocycles. The summed E-state index contributed by atoms with van der Waals surface area (Å²) in [6, 6.07) is 0. The number of nitrogens with one attached hydrogen (secondary N) is 1. The molecule has 80 valence electrons. The number of hydrogen-bond acceptors (Lipinski definition) is 3. The Labute approximate surface area is 90.3 Å². The SMILES string of the molecule is CNCCc1cn(CCCSC)cn1. The molecule has 0 radical (unpaired) electrons.